The lowest BCUT2D eigenvalue weighted by Crippen LogP contribution is -2.25. The fourth-order valence-corrected chi connectivity index (χ4v) is 5.93. The summed E-state index contributed by atoms with van der Waals surface area (Å²) in [6.45, 7) is 6.31. The standard InChI is InChI=1S/C30H30F2N4OS/c1-3-15-36(16-4-2)26-14-13-21(18-33-26)20-12-11-19-7-5-10-25-28(22(19)17-20)38-30(34-25)29(37)35-27-23(31)8-6-9-24(27)32/h6,8-9,11-14,17-18H,3-5,7,10,15-16H2,1-2H3,(H,35,37). The zero-order chi connectivity index (χ0) is 26.6. The molecule has 8 heteroatoms. The number of carbonyl (C=O) groups is 1. The Morgan fingerprint density at radius 2 is 1.74 bits per heavy atom. The summed E-state index contributed by atoms with van der Waals surface area (Å²) in [5.41, 5.74) is 4.69. The highest BCUT2D eigenvalue weighted by Crippen LogP contribution is 2.39. The Labute approximate surface area is 225 Å². The first-order valence-electron chi connectivity index (χ1n) is 13.1. The van der Waals surface area contributed by atoms with Crippen molar-refractivity contribution in [3.8, 4) is 21.6 Å². The number of aromatic nitrogens is 2. The van der Waals surface area contributed by atoms with E-state index in [0.29, 0.717) is 0 Å². The monoisotopic (exact) mass is 532 g/mol. The minimum atomic E-state index is -0.821. The average Bonchev–Trinajstić information content (AvgIpc) is 3.27. The summed E-state index contributed by atoms with van der Waals surface area (Å²) in [4.78, 5) is 25.5. The van der Waals surface area contributed by atoms with E-state index >= 15 is 0 Å². The van der Waals surface area contributed by atoms with Gasteiger partial charge in [-0.25, -0.2) is 18.7 Å². The fraction of sp³-hybridized carbons (Fsp3) is 0.300. The second-order valence-corrected chi connectivity index (χ2v) is 10.5. The molecule has 5 rings (SSSR count). The number of anilines is 2. The molecule has 0 fully saturated rings. The van der Waals surface area contributed by atoms with Gasteiger partial charge in [-0.05, 0) is 79.1 Å². The SMILES string of the molecule is CCCN(CCC)c1ccc(-c2ccc3c(c2)-c2sc(C(=O)Nc4c(F)cccc4F)nc2CCC3)cn1. The molecule has 0 spiro atoms. The minimum absolute atomic E-state index is 0.189. The first-order chi connectivity index (χ1) is 18.5. The molecule has 38 heavy (non-hydrogen) atoms. The highest BCUT2D eigenvalue weighted by molar-refractivity contribution is 7.17. The van der Waals surface area contributed by atoms with Crippen molar-refractivity contribution in [3.05, 3.63) is 82.6 Å². The van der Waals surface area contributed by atoms with Crippen molar-refractivity contribution in [1.82, 2.24) is 9.97 Å². The lowest BCUT2D eigenvalue weighted by atomic mass is 9.98. The van der Waals surface area contributed by atoms with E-state index in [0.717, 1.165) is 90.4 Å². The summed E-state index contributed by atoms with van der Waals surface area (Å²) < 4.78 is 28.2. The van der Waals surface area contributed by atoms with E-state index < -0.39 is 23.2 Å². The minimum Gasteiger partial charge on any atom is -0.357 e. The third-order valence-corrected chi connectivity index (χ3v) is 7.83. The molecule has 1 aliphatic rings. The number of aryl methyl sites for hydroxylation is 2. The normalized spacial score (nSPS) is 12.4. The Hall–Kier alpha value is -3.65. The van der Waals surface area contributed by atoms with Gasteiger partial charge in [-0.2, -0.15) is 0 Å². The second kappa shape index (κ2) is 11.4. The summed E-state index contributed by atoms with van der Waals surface area (Å²) in [5, 5.41) is 2.55. The lowest BCUT2D eigenvalue weighted by molar-refractivity contribution is 0.102. The van der Waals surface area contributed by atoms with Gasteiger partial charge in [0.05, 0.1) is 10.6 Å². The average molecular weight is 533 g/mol. The highest BCUT2D eigenvalue weighted by atomic mass is 32.1. The maximum atomic E-state index is 14.1. The Bertz CT molecular complexity index is 1430. The van der Waals surface area contributed by atoms with Gasteiger partial charge in [-0.3, -0.25) is 4.79 Å². The van der Waals surface area contributed by atoms with Crippen molar-refractivity contribution >= 4 is 28.7 Å². The van der Waals surface area contributed by atoms with Gasteiger partial charge in [0, 0.05) is 24.8 Å². The van der Waals surface area contributed by atoms with E-state index in [4.69, 9.17) is 4.98 Å². The molecule has 4 aromatic rings. The van der Waals surface area contributed by atoms with Gasteiger partial charge in [0.25, 0.3) is 5.91 Å². The summed E-state index contributed by atoms with van der Waals surface area (Å²) in [6, 6.07) is 14.1. The molecule has 1 aliphatic carbocycles. The number of thiazole rings is 1. The first kappa shape index (κ1) is 26.0. The number of carbonyl (C=O) groups excluding carboxylic acids is 1. The molecular formula is C30H30F2N4OS. The molecule has 0 bridgehead atoms. The molecule has 2 heterocycles. The van der Waals surface area contributed by atoms with Crippen LogP contribution in [0.15, 0.2) is 54.7 Å². The van der Waals surface area contributed by atoms with Gasteiger partial charge in [0.15, 0.2) is 5.01 Å². The first-order valence-corrected chi connectivity index (χ1v) is 13.9. The maximum absolute atomic E-state index is 14.1. The van der Waals surface area contributed by atoms with Crippen molar-refractivity contribution in [2.75, 3.05) is 23.3 Å². The van der Waals surface area contributed by atoms with Crippen molar-refractivity contribution in [2.24, 2.45) is 0 Å². The Balaban J connectivity index is 1.44. The molecule has 0 atom stereocenters. The topological polar surface area (TPSA) is 58.1 Å². The van der Waals surface area contributed by atoms with Gasteiger partial charge in [0.1, 0.15) is 23.1 Å². The third-order valence-electron chi connectivity index (χ3n) is 6.70. The van der Waals surface area contributed by atoms with Crippen molar-refractivity contribution < 1.29 is 13.6 Å². The molecule has 0 saturated carbocycles. The van der Waals surface area contributed by atoms with Crippen LogP contribution in [0.1, 0.15) is 54.2 Å². The zero-order valence-electron chi connectivity index (χ0n) is 21.6. The number of hydrogen-bond acceptors (Lipinski definition) is 5. The van der Waals surface area contributed by atoms with Crippen LogP contribution >= 0.6 is 11.3 Å². The van der Waals surface area contributed by atoms with Gasteiger partial charge in [-0.1, -0.05) is 32.0 Å². The molecule has 1 N–H and O–H groups in total. The van der Waals surface area contributed by atoms with E-state index in [2.05, 4.69) is 59.4 Å². The van der Waals surface area contributed by atoms with E-state index in [1.165, 1.54) is 23.0 Å². The van der Waals surface area contributed by atoms with Crippen LogP contribution in [0.3, 0.4) is 0 Å². The van der Waals surface area contributed by atoms with Crippen LogP contribution in [0.4, 0.5) is 20.3 Å². The lowest BCUT2D eigenvalue weighted by Gasteiger charge is -2.22. The molecule has 196 valence electrons. The van der Waals surface area contributed by atoms with Gasteiger partial charge >= 0.3 is 0 Å². The number of nitrogens with zero attached hydrogens (tertiary/aromatic N) is 3. The number of rotatable bonds is 8. The van der Waals surface area contributed by atoms with Crippen LogP contribution in [0.5, 0.6) is 0 Å². The van der Waals surface area contributed by atoms with Gasteiger partial charge < -0.3 is 10.2 Å². The summed E-state index contributed by atoms with van der Waals surface area (Å²) in [5.74, 6) is -1.27. The van der Waals surface area contributed by atoms with Gasteiger partial charge in [-0.15, -0.1) is 11.3 Å². The van der Waals surface area contributed by atoms with Crippen molar-refractivity contribution in [2.45, 2.75) is 46.0 Å². The number of amides is 1. The number of halogens is 2. The summed E-state index contributed by atoms with van der Waals surface area (Å²) in [7, 11) is 0. The van der Waals surface area contributed by atoms with Crippen LogP contribution in [0.2, 0.25) is 0 Å². The third kappa shape index (κ3) is 5.31. The second-order valence-electron chi connectivity index (χ2n) is 9.46. The Morgan fingerprint density at radius 1 is 1.00 bits per heavy atom. The predicted octanol–water partition coefficient (Wildman–Crippen LogP) is 7.52. The predicted molar refractivity (Wildman–Crippen MR) is 150 cm³/mol. The zero-order valence-corrected chi connectivity index (χ0v) is 22.4. The number of hydrogen-bond donors (Lipinski definition) is 1. The molecular weight excluding hydrogens is 502 g/mol. The van der Waals surface area contributed by atoms with Crippen LogP contribution in [0, 0.1) is 11.6 Å². The van der Waals surface area contributed by atoms with E-state index in [1.807, 2.05) is 6.20 Å². The Morgan fingerprint density at radius 3 is 2.42 bits per heavy atom. The van der Waals surface area contributed by atoms with Gasteiger partial charge in [0.2, 0.25) is 0 Å². The quantitative estimate of drug-likeness (QED) is 0.255. The molecule has 1 amide bonds. The molecule has 5 nitrogen and oxygen atoms in total. The van der Waals surface area contributed by atoms with Crippen LogP contribution in [0.25, 0.3) is 21.6 Å². The molecule has 2 aromatic heterocycles. The summed E-state index contributed by atoms with van der Waals surface area (Å²) >= 11 is 1.26. The number of pyridine rings is 1. The molecule has 0 radical (unpaired) electrons. The molecule has 2 aromatic carbocycles. The van der Waals surface area contributed by atoms with E-state index in [-0.39, 0.29) is 5.01 Å². The van der Waals surface area contributed by atoms with Crippen molar-refractivity contribution in [1.29, 1.82) is 0 Å². The molecule has 0 unspecified atom stereocenters. The number of benzene rings is 2. The Kier molecular flexibility index (Phi) is 7.79. The molecule has 0 aliphatic heterocycles. The summed E-state index contributed by atoms with van der Waals surface area (Å²) in [6.07, 6.45) is 6.62. The highest BCUT2D eigenvalue weighted by Gasteiger charge is 2.24. The maximum Gasteiger partial charge on any atom is 0.284 e. The smallest absolute Gasteiger partial charge is 0.284 e. The van der Waals surface area contributed by atoms with Crippen LogP contribution < -0.4 is 10.2 Å². The van der Waals surface area contributed by atoms with E-state index in [9.17, 15) is 13.6 Å². The number of nitrogens with one attached hydrogen (secondary N) is 1. The molecule has 0 saturated heterocycles. The number of fused-ring (bicyclic) bond motifs is 3. The number of para-hydroxylation sites is 1. The van der Waals surface area contributed by atoms with Crippen LogP contribution in [-0.4, -0.2) is 29.0 Å². The fourth-order valence-electron chi connectivity index (χ4n) is 4.87. The van der Waals surface area contributed by atoms with Crippen molar-refractivity contribution in [3.63, 3.8) is 0 Å². The van der Waals surface area contributed by atoms with Crippen LogP contribution in [-0.2, 0) is 12.8 Å². The largest absolute Gasteiger partial charge is 0.357 e. The van der Waals surface area contributed by atoms with E-state index in [1.54, 1.807) is 0 Å².